The second-order valence-corrected chi connectivity index (χ2v) is 7.60. The van der Waals surface area contributed by atoms with E-state index in [9.17, 15) is 8.42 Å². The first kappa shape index (κ1) is 11.4. The van der Waals surface area contributed by atoms with Crippen molar-refractivity contribution in [3.8, 4) is 0 Å². The van der Waals surface area contributed by atoms with E-state index >= 15 is 0 Å². The van der Waals surface area contributed by atoms with E-state index in [1.807, 2.05) is 13.0 Å². The second kappa shape index (κ2) is 4.05. The number of sulfonamides is 1. The molecule has 84 valence electrons. The monoisotopic (exact) mass is 265 g/mol. The Labute approximate surface area is 98.5 Å². The zero-order valence-corrected chi connectivity index (χ0v) is 10.6. The lowest BCUT2D eigenvalue weighted by molar-refractivity contribution is 0.391. The molecule has 0 aliphatic heterocycles. The standard InChI is InChI=1S/C9H12ClNO2S2/c1-6-2-3-9(14-6)15(12,13)11-8-4-7(10)5-8/h2-3,7-8,11H,4-5H2,1H3. The number of aryl methyl sites for hydroxylation is 1. The van der Waals surface area contributed by atoms with Crippen LogP contribution in [-0.4, -0.2) is 19.8 Å². The van der Waals surface area contributed by atoms with Crippen LogP contribution in [0, 0.1) is 6.92 Å². The fraction of sp³-hybridized carbons (Fsp3) is 0.556. The minimum Gasteiger partial charge on any atom is -0.207 e. The van der Waals surface area contributed by atoms with Crippen LogP contribution in [0.4, 0.5) is 0 Å². The highest BCUT2D eigenvalue weighted by Gasteiger charge is 2.31. The van der Waals surface area contributed by atoms with E-state index in [1.165, 1.54) is 11.3 Å². The maximum atomic E-state index is 11.8. The van der Waals surface area contributed by atoms with Gasteiger partial charge in [0, 0.05) is 16.3 Å². The third kappa shape index (κ3) is 2.53. The SMILES string of the molecule is Cc1ccc(S(=O)(=O)NC2CC(Cl)C2)s1. The highest BCUT2D eigenvalue weighted by atomic mass is 35.5. The predicted molar refractivity (Wildman–Crippen MR) is 62.0 cm³/mol. The molecular formula is C9H12ClNO2S2. The number of nitrogens with one attached hydrogen (secondary N) is 1. The highest BCUT2D eigenvalue weighted by molar-refractivity contribution is 7.91. The zero-order chi connectivity index (χ0) is 11.1. The van der Waals surface area contributed by atoms with Crippen LogP contribution in [0.5, 0.6) is 0 Å². The van der Waals surface area contributed by atoms with Crippen molar-refractivity contribution < 1.29 is 8.42 Å². The summed E-state index contributed by atoms with van der Waals surface area (Å²) in [7, 11) is -3.31. The van der Waals surface area contributed by atoms with E-state index in [2.05, 4.69) is 4.72 Å². The van der Waals surface area contributed by atoms with Crippen molar-refractivity contribution >= 4 is 33.0 Å². The molecular weight excluding hydrogens is 254 g/mol. The molecule has 0 amide bonds. The molecule has 0 bridgehead atoms. The summed E-state index contributed by atoms with van der Waals surface area (Å²) >= 11 is 7.08. The van der Waals surface area contributed by atoms with E-state index in [1.54, 1.807) is 6.07 Å². The van der Waals surface area contributed by atoms with E-state index in [-0.39, 0.29) is 11.4 Å². The van der Waals surface area contributed by atoms with Gasteiger partial charge in [-0.3, -0.25) is 0 Å². The van der Waals surface area contributed by atoms with Crippen molar-refractivity contribution in [2.45, 2.75) is 35.4 Å². The van der Waals surface area contributed by atoms with E-state index in [4.69, 9.17) is 11.6 Å². The molecule has 0 spiro atoms. The molecule has 1 aromatic heterocycles. The first-order valence-electron chi connectivity index (χ1n) is 4.70. The highest BCUT2D eigenvalue weighted by Crippen LogP contribution is 2.28. The topological polar surface area (TPSA) is 46.2 Å². The van der Waals surface area contributed by atoms with Crippen molar-refractivity contribution in [2.24, 2.45) is 0 Å². The molecule has 1 aromatic rings. The summed E-state index contributed by atoms with van der Waals surface area (Å²) in [5.74, 6) is 0. The van der Waals surface area contributed by atoms with Crippen LogP contribution in [-0.2, 0) is 10.0 Å². The fourth-order valence-corrected chi connectivity index (χ4v) is 4.47. The largest absolute Gasteiger partial charge is 0.250 e. The lowest BCUT2D eigenvalue weighted by Gasteiger charge is -2.30. The van der Waals surface area contributed by atoms with Gasteiger partial charge in [0.1, 0.15) is 4.21 Å². The van der Waals surface area contributed by atoms with Crippen molar-refractivity contribution in [3.05, 3.63) is 17.0 Å². The van der Waals surface area contributed by atoms with Gasteiger partial charge in [-0.15, -0.1) is 22.9 Å². The van der Waals surface area contributed by atoms with Gasteiger partial charge in [-0.1, -0.05) is 0 Å². The molecule has 0 unspecified atom stereocenters. The minimum absolute atomic E-state index is 0.0138. The summed E-state index contributed by atoms with van der Waals surface area (Å²) in [4.78, 5) is 0.999. The Hall–Kier alpha value is -0.100. The molecule has 1 heterocycles. The third-order valence-electron chi connectivity index (χ3n) is 2.38. The van der Waals surface area contributed by atoms with Gasteiger partial charge in [0.2, 0.25) is 10.0 Å². The minimum atomic E-state index is -3.31. The predicted octanol–water partition coefficient (Wildman–Crippen LogP) is 2.10. The van der Waals surface area contributed by atoms with Gasteiger partial charge in [0.15, 0.2) is 0 Å². The summed E-state index contributed by atoms with van der Waals surface area (Å²) in [6.45, 7) is 1.89. The van der Waals surface area contributed by atoms with E-state index < -0.39 is 10.0 Å². The molecule has 1 N–H and O–H groups in total. The van der Waals surface area contributed by atoms with Gasteiger partial charge < -0.3 is 0 Å². The molecule has 3 nitrogen and oxygen atoms in total. The van der Waals surface area contributed by atoms with Gasteiger partial charge in [-0.05, 0) is 31.9 Å². The van der Waals surface area contributed by atoms with Crippen LogP contribution in [0.2, 0.25) is 0 Å². The summed E-state index contributed by atoms with van der Waals surface area (Å²) in [6.07, 6.45) is 1.45. The van der Waals surface area contributed by atoms with Crippen molar-refractivity contribution in [2.75, 3.05) is 0 Å². The van der Waals surface area contributed by atoms with Crippen LogP contribution in [0.15, 0.2) is 16.3 Å². The zero-order valence-electron chi connectivity index (χ0n) is 8.23. The van der Waals surface area contributed by atoms with Crippen LogP contribution in [0.3, 0.4) is 0 Å². The number of rotatable bonds is 3. The average molecular weight is 266 g/mol. The van der Waals surface area contributed by atoms with Crippen molar-refractivity contribution in [1.29, 1.82) is 0 Å². The molecule has 2 rings (SSSR count). The van der Waals surface area contributed by atoms with Crippen LogP contribution in [0.25, 0.3) is 0 Å². The molecule has 0 aromatic carbocycles. The first-order valence-corrected chi connectivity index (χ1v) is 7.44. The van der Waals surface area contributed by atoms with Gasteiger partial charge >= 0.3 is 0 Å². The Morgan fingerprint density at radius 2 is 2.13 bits per heavy atom. The lowest BCUT2D eigenvalue weighted by Crippen LogP contribution is -2.44. The fourth-order valence-electron chi connectivity index (χ4n) is 1.48. The van der Waals surface area contributed by atoms with Gasteiger partial charge in [0.25, 0.3) is 0 Å². The number of alkyl halides is 1. The van der Waals surface area contributed by atoms with Crippen molar-refractivity contribution in [1.82, 2.24) is 4.72 Å². The Morgan fingerprint density at radius 1 is 1.47 bits per heavy atom. The Bertz CT molecular complexity index is 448. The quantitative estimate of drug-likeness (QED) is 0.851. The molecule has 1 saturated carbocycles. The Balaban J connectivity index is 2.07. The molecule has 6 heteroatoms. The molecule has 1 aliphatic carbocycles. The molecule has 1 fully saturated rings. The van der Waals surface area contributed by atoms with Crippen LogP contribution < -0.4 is 4.72 Å². The van der Waals surface area contributed by atoms with Gasteiger partial charge in [0.05, 0.1) is 0 Å². The normalized spacial score (nSPS) is 26.3. The van der Waals surface area contributed by atoms with Gasteiger partial charge in [-0.2, -0.15) is 0 Å². The van der Waals surface area contributed by atoms with Crippen LogP contribution in [0.1, 0.15) is 17.7 Å². The second-order valence-electron chi connectivity index (χ2n) is 3.75. The molecule has 15 heavy (non-hydrogen) atoms. The molecule has 0 atom stereocenters. The Kier molecular flexibility index (Phi) is 3.07. The smallest absolute Gasteiger partial charge is 0.207 e. The van der Waals surface area contributed by atoms with Gasteiger partial charge in [-0.25, -0.2) is 13.1 Å². The number of thiophene rings is 1. The first-order chi connectivity index (χ1) is 6.97. The number of hydrogen-bond donors (Lipinski definition) is 1. The third-order valence-corrected chi connectivity index (χ3v) is 5.75. The Morgan fingerprint density at radius 3 is 2.60 bits per heavy atom. The maximum Gasteiger partial charge on any atom is 0.250 e. The van der Waals surface area contributed by atoms with Crippen molar-refractivity contribution in [3.63, 3.8) is 0 Å². The summed E-state index contributed by atoms with van der Waals surface area (Å²) in [5.41, 5.74) is 0. The van der Waals surface area contributed by atoms with E-state index in [0.29, 0.717) is 4.21 Å². The molecule has 0 radical (unpaired) electrons. The summed E-state index contributed by atoms with van der Waals surface area (Å²) < 4.78 is 26.7. The average Bonchev–Trinajstić information content (AvgIpc) is 2.49. The van der Waals surface area contributed by atoms with E-state index in [0.717, 1.165) is 17.7 Å². The number of halogens is 1. The summed E-state index contributed by atoms with van der Waals surface area (Å²) in [6, 6.07) is 3.46. The maximum absolute atomic E-state index is 11.8. The summed E-state index contributed by atoms with van der Waals surface area (Å²) in [5, 5.41) is 0.128. The van der Waals surface area contributed by atoms with Crippen LogP contribution >= 0.6 is 22.9 Å². The molecule has 1 aliphatic rings. The molecule has 0 saturated heterocycles. The number of hydrogen-bond acceptors (Lipinski definition) is 3. The lowest BCUT2D eigenvalue weighted by atomic mass is 9.94.